The monoisotopic (exact) mass is 194 g/mol. The summed E-state index contributed by atoms with van der Waals surface area (Å²) in [6, 6.07) is 0. The largest absolute Gasteiger partial charge is 0.387 e. The third-order valence-electron chi connectivity index (χ3n) is 3.53. The molecule has 1 atom stereocenters. The molecule has 0 spiro atoms. The smallest absolute Gasteiger partial charge is 0.115 e. The van der Waals surface area contributed by atoms with Crippen molar-refractivity contribution in [3.05, 3.63) is 24.3 Å². The van der Waals surface area contributed by atoms with Crippen LogP contribution in [-0.4, -0.2) is 21.4 Å². The molecule has 2 aliphatic carbocycles. The minimum absolute atomic E-state index is 0.542. The molecule has 0 saturated heterocycles. The lowest BCUT2D eigenvalue weighted by molar-refractivity contribution is -0.140. The lowest BCUT2D eigenvalue weighted by Crippen LogP contribution is -2.54. The molecular formula is C12H18O2. The topological polar surface area (TPSA) is 40.5 Å². The molecule has 0 amide bonds. The van der Waals surface area contributed by atoms with E-state index < -0.39 is 11.2 Å². The van der Waals surface area contributed by atoms with Crippen LogP contribution in [0.3, 0.4) is 0 Å². The predicted molar refractivity (Wildman–Crippen MR) is 55.9 cm³/mol. The van der Waals surface area contributed by atoms with Crippen molar-refractivity contribution in [3.63, 3.8) is 0 Å². The first kappa shape index (κ1) is 9.94. The van der Waals surface area contributed by atoms with Gasteiger partial charge in [0.25, 0.3) is 0 Å². The number of aliphatic hydroxyl groups is 2. The Morgan fingerprint density at radius 2 is 1.64 bits per heavy atom. The van der Waals surface area contributed by atoms with Gasteiger partial charge in [0.15, 0.2) is 0 Å². The summed E-state index contributed by atoms with van der Waals surface area (Å²) in [7, 11) is 0. The van der Waals surface area contributed by atoms with Crippen molar-refractivity contribution >= 4 is 0 Å². The standard InChI is InChI=1S/C12H18O2/c13-11(7-3-1-4-8-11)12(14)9-5-2-6-10-12/h1,3-4,7,13-14H,2,5-6,8-10H2. The third kappa shape index (κ3) is 1.53. The first-order chi connectivity index (χ1) is 6.66. The normalized spacial score (nSPS) is 35.9. The van der Waals surface area contributed by atoms with Gasteiger partial charge in [-0.1, -0.05) is 37.5 Å². The van der Waals surface area contributed by atoms with E-state index in [-0.39, 0.29) is 0 Å². The van der Waals surface area contributed by atoms with Gasteiger partial charge in [-0.2, -0.15) is 0 Å². The summed E-state index contributed by atoms with van der Waals surface area (Å²) < 4.78 is 0. The Morgan fingerprint density at radius 1 is 0.929 bits per heavy atom. The minimum atomic E-state index is -1.03. The number of rotatable bonds is 1. The predicted octanol–water partition coefficient (Wildman–Crippen LogP) is 1.93. The van der Waals surface area contributed by atoms with Crippen LogP contribution in [0.5, 0.6) is 0 Å². The van der Waals surface area contributed by atoms with E-state index in [0.29, 0.717) is 6.42 Å². The molecule has 0 aromatic heterocycles. The summed E-state index contributed by atoms with van der Waals surface area (Å²) in [6.07, 6.45) is 12.6. The average molecular weight is 194 g/mol. The van der Waals surface area contributed by atoms with Crippen molar-refractivity contribution in [2.24, 2.45) is 0 Å². The molecule has 2 rings (SSSR count). The van der Waals surface area contributed by atoms with E-state index in [9.17, 15) is 10.2 Å². The molecule has 1 saturated carbocycles. The van der Waals surface area contributed by atoms with Gasteiger partial charge in [-0.05, 0) is 18.9 Å². The summed E-state index contributed by atoms with van der Waals surface area (Å²) in [5.74, 6) is 0. The molecule has 0 bridgehead atoms. The lowest BCUT2D eigenvalue weighted by Gasteiger charge is -2.44. The van der Waals surface area contributed by atoms with E-state index in [2.05, 4.69) is 0 Å². The zero-order valence-corrected chi connectivity index (χ0v) is 8.45. The third-order valence-corrected chi connectivity index (χ3v) is 3.53. The van der Waals surface area contributed by atoms with Crippen LogP contribution in [0.2, 0.25) is 0 Å². The van der Waals surface area contributed by atoms with Crippen molar-refractivity contribution in [1.29, 1.82) is 0 Å². The van der Waals surface area contributed by atoms with Gasteiger partial charge in [0.1, 0.15) is 5.60 Å². The van der Waals surface area contributed by atoms with Crippen LogP contribution in [0.25, 0.3) is 0 Å². The zero-order valence-electron chi connectivity index (χ0n) is 8.45. The summed E-state index contributed by atoms with van der Waals surface area (Å²) in [4.78, 5) is 0. The van der Waals surface area contributed by atoms with Gasteiger partial charge in [-0.3, -0.25) is 0 Å². The fraction of sp³-hybridized carbons (Fsp3) is 0.667. The van der Waals surface area contributed by atoms with Gasteiger partial charge in [0, 0.05) is 6.42 Å². The van der Waals surface area contributed by atoms with E-state index in [1.54, 1.807) is 6.08 Å². The van der Waals surface area contributed by atoms with Gasteiger partial charge in [0.2, 0.25) is 0 Å². The first-order valence-corrected chi connectivity index (χ1v) is 5.45. The first-order valence-electron chi connectivity index (χ1n) is 5.45. The molecule has 0 heterocycles. The second-order valence-electron chi connectivity index (χ2n) is 4.51. The Kier molecular flexibility index (Phi) is 2.50. The summed E-state index contributed by atoms with van der Waals surface area (Å²) in [5.41, 5.74) is -1.92. The van der Waals surface area contributed by atoms with E-state index >= 15 is 0 Å². The van der Waals surface area contributed by atoms with Crippen molar-refractivity contribution in [1.82, 2.24) is 0 Å². The van der Waals surface area contributed by atoms with Crippen LogP contribution >= 0.6 is 0 Å². The van der Waals surface area contributed by atoms with Gasteiger partial charge in [-0.25, -0.2) is 0 Å². The van der Waals surface area contributed by atoms with Crippen LogP contribution in [0, 0.1) is 0 Å². The number of allylic oxidation sites excluding steroid dienone is 2. The number of hydrogen-bond acceptors (Lipinski definition) is 2. The molecule has 78 valence electrons. The molecular weight excluding hydrogens is 176 g/mol. The van der Waals surface area contributed by atoms with E-state index in [1.165, 1.54) is 6.42 Å². The molecule has 2 N–H and O–H groups in total. The summed E-state index contributed by atoms with van der Waals surface area (Å²) in [5, 5.41) is 20.8. The second-order valence-corrected chi connectivity index (χ2v) is 4.51. The van der Waals surface area contributed by atoms with E-state index in [4.69, 9.17) is 0 Å². The van der Waals surface area contributed by atoms with Crippen molar-refractivity contribution in [2.75, 3.05) is 0 Å². The fourth-order valence-electron chi connectivity index (χ4n) is 2.52. The highest BCUT2D eigenvalue weighted by Gasteiger charge is 2.47. The Labute approximate surface area is 85.0 Å². The quantitative estimate of drug-likeness (QED) is 0.669. The van der Waals surface area contributed by atoms with Gasteiger partial charge < -0.3 is 10.2 Å². The Bertz CT molecular complexity index is 261. The highest BCUT2D eigenvalue weighted by molar-refractivity contribution is 5.23. The lowest BCUT2D eigenvalue weighted by atomic mass is 9.70. The highest BCUT2D eigenvalue weighted by Crippen LogP contribution is 2.40. The van der Waals surface area contributed by atoms with Crippen LogP contribution < -0.4 is 0 Å². The van der Waals surface area contributed by atoms with Crippen molar-refractivity contribution in [2.45, 2.75) is 49.7 Å². The maximum absolute atomic E-state index is 10.4. The van der Waals surface area contributed by atoms with Crippen LogP contribution in [0.1, 0.15) is 38.5 Å². The Balaban J connectivity index is 2.18. The molecule has 14 heavy (non-hydrogen) atoms. The average Bonchev–Trinajstić information content (AvgIpc) is 2.20. The zero-order chi connectivity index (χ0) is 10.1. The number of hydrogen-bond donors (Lipinski definition) is 2. The Morgan fingerprint density at radius 3 is 2.21 bits per heavy atom. The molecule has 0 radical (unpaired) electrons. The molecule has 1 unspecified atom stereocenters. The Hall–Kier alpha value is -0.600. The highest BCUT2D eigenvalue weighted by atomic mass is 16.4. The van der Waals surface area contributed by atoms with Crippen LogP contribution in [-0.2, 0) is 0 Å². The van der Waals surface area contributed by atoms with E-state index in [1.807, 2.05) is 18.2 Å². The van der Waals surface area contributed by atoms with Crippen molar-refractivity contribution in [3.8, 4) is 0 Å². The summed E-state index contributed by atoms with van der Waals surface area (Å²) >= 11 is 0. The second kappa shape index (κ2) is 3.52. The maximum atomic E-state index is 10.4. The van der Waals surface area contributed by atoms with Gasteiger partial charge in [0.05, 0.1) is 5.60 Å². The molecule has 1 fully saturated rings. The van der Waals surface area contributed by atoms with Gasteiger partial charge >= 0.3 is 0 Å². The van der Waals surface area contributed by atoms with Crippen molar-refractivity contribution < 1.29 is 10.2 Å². The van der Waals surface area contributed by atoms with E-state index in [0.717, 1.165) is 25.7 Å². The maximum Gasteiger partial charge on any atom is 0.115 e. The molecule has 2 aliphatic rings. The van der Waals surface area contributed by atoms with Crippen LogP contribution in [0.4, 0.5) is 0 Å². The molecule has 2 nitrogen and oxygen atoms in total. The summed E-state index contributed by atoms with van der Waals surface area (Å²) in [6.45, 7) is 0. The van der Waals surface area contributed by atoms with Gasteiger partial charge in [-0.15, -0.1) is 0 Å². The fourth-order valence-corrected chi connectivity index (χ4v) is 2.52. The SMILES string of the molecule is OC1(C2(O)CCCCC2)C=CC=CC1. The molecule has 0 aliphatic heterocycles. The molecule has 0 aromatic carbocycles. The molecule has 0 aromatic rings. The molecule has 2 heteroatoms. The van der Waals surface area contributed by atoms with Crippen LogP contribution in [0.15, 0.2) is 24.3 Å². The minimum Gasteiger partial charge on any atom is -0.387 e.